The summed E-state index contributed by atoms with van der Waals surface area (Å²) in [6.45, 7) is 1.97. The predicted molar refractivity (Wildman–Crippen MR) is 93.2 cm³/mol. The van der Waals surface area contributed by atoms with Gasteiger partial charge in [0.25, 0.3) is 0 Å². The largest absolute Gasteiger partial charge is 0.338 e. The van der Waals surface area contributed by atoms with Crippen LogP contribution < -0.4 is 0 Å². The van der Waals surface area contributed by atoms with E-state index in [2.05, 4.69) is 15.0 Å². The lowest BCUT2D eigenvalue weighted by Crippen LogP contribution is -1.93. The Hall–Kier alpha value is -3.08. The second kappa shape index (κ2) is 6.09. The Bertz CT molecular complexity index is 1040. The minimum Gasteiger partial charge on any atom is -0.338 e. The van der Waals surface area contributed by atoms with Crippen molar-refractivity contribution in [3.05, 3.63) is 83.2 Å². The summed E-state index contributed by atoms with van der Waals surface area (Å²) in [5, 5.41) is 0. The van der Waals surface area contributed by atoms with Gasteiger partial charge in [-0.3, -0.25) is 4.98 Å². The molecule has 1 N–H and O–H groups in total. The maximum absolute atomic E-state index is 14.0. The molecule has 0 unspecified atom stereocenters. The van der Waals surface area contributed by atoms with E-state index in [4.69, 9.17) is 0 Å². The zero-order valence-corrected chi connectivity index (χ0v) is 13.6. The molecule has 0 fully saturated rings. The molecule has 2 aromatic heterocycles. The van der Waals surface area contributed by atoms with Crippen LogP contribution in [-0.2, 0) is 6.42 Å². The van der Waals surface area contributed by atoms with E-state index in [0.717, 1.165) is 34.1 Å². The number of aromatic nitrogens is 3. The van der Waals surface area contributed by atoms with Crippen LogP contribution in [-0.4, -0.2) is 15.0 Å². The first kappa shape index (κ1) is 15.4. The number of nitrogens with zero attached hydrogens (tertiary/aromatic N) is 2. The monoisotopic (exact) mass is 335 g/mol. The summed E-state index contributed by atoms with van der Waals surface area (Å²) < 4.78 is 28.1. The van der Waals surface area contributed by atoms with E-state index >= 15 is 0 Å². The third kappa shape index (κ3) is 2.78. The number of hydrogen-bond donors (Lipinski definition) is 1. The van der Waals surface area contributed by atoms with Crippen molar-refractivity contribution in [3.63, 3.8) is 0 Å². The lowest BCUT2D eigenvalue weighted by molar-refractivity contribution is 0.588. The SMILES string of the molecule is Cc1c(Cc2cccnc2)ccc2[nH]c(-c3c(F)cccc3F)nc12. The highest BCUT2D eigenvalue weighted by molar-refractivity contribution is 5.83. The smallest absolute Gasteiger partial charge is 0.144 e. The van der Waals surface area contributed by atoms with Gasteiger partial charge >= 0.3 is 0 Å². The Morgan fingerprint density at radius 2 is 1.80 bits per heavy atom. The summed E-state index contributed by atoms with van der Waals surface area (Å²) >= 11 is 0. The summed E-state index contributed by atoms with van der Waals surface area (Å²) in [4.78, 5) is 11.6. The molecule has 3 nitrogen and oxygen atoms in total. The average molecular weight is 335 g/mol. The number of aromatic amines is 1. The molecule has 0 radical (unpaired) electrons. The molecule has 0 saturated heterocycles. The van der Waals surface area contributed by atoms with Gasteiger partial charge in [-0.15, -0.1) is 0 Å². The predicted octanol–water partition coefficient (Wildman–Crippen LogP) is 4.80. The van der Waals surface area contributed by atoms with E-state index in [1.54, 1.807) is 6.20 Å². The van der Waals surface area contributed by atoms with Crippen LogP contribution in [0.25, 0.3) is 22.4 Å². The molecule has 0 aliphatic carbocycles. The lowest BCUT2D eigenvalue weighted by Gasteiger charge is -2.06. The number of halogens is 2. The fraction of sp³-hybridized carbons (Fsp3) is 0.100. The van der Waals surface area contributed by atoms with Crippen molar-refractivity contribution >= 4 is 11.0 Å². The molecule has 4 rings (SSSR count). The highest BCUT2D eigenvalue weighted by Crippen LogP contribution is 2.28. The average Bonchev–Trinajstić information content (AvgIpc) is 3.03. The van der Waals surface area contributed by atoms with Gasteiger partial charge in [-0.1, -0.05) is 18.2 Å². The van der Waals surface area contributed by atoms with E-state index in [1.807, 2.05) is 37.4 Å². The van der Waals surface area contributed by atoms with Gasteiger partial charge < -0.3 is 4.98 Å². The third-order valence-electron chi connectivity index (χ3n) is 4.34. The van der Waals surface area contributed by atoms with Gasteiger partial charge in [0.1, 0.15) is 17.5 Å². The quantitative estimate of drug-likeness (QED) is 0.584. The van der Waals surface area contributed by atoms with Crippen LogP contribution >= 0.6 is 0 Å². The number of H-pyrrole nitrogens is 1. The number of aryl methyl sites for hydroxylation is 1. The first-order chi connectivity index (χ1) is 12.1. The van der Waals surface area contributed by atoms with Gasteiger partial charge in [0.05, 0.1) is 16.6 Å². The van der Waals surface area contributed by atoms with Gasteiger partial charge in [-0.25, -0.2) is 13.8 Å². The fourth-order valence-corrected chi connectivity index (χ4v) is 3.01. The number of hydrogen-bond acceptors (Lipinski definition) is 2. The van der Waals surface area contributed by atoms with Crippen molar-refractivity contribution in [1.82, 2.24) is 15.0 Å². The Morgan fingerprint density at radius 1 is 1.00 bits per heavy atom. The van der Waals surface area contributed by atoms with Crippen molar-refractivity contribution in [2.24, 2.45) is 0 Å². The Balaban J connectivity index is 1.80. The van der Waals surface area contributed by atoms with Gasteiger partial charge in [-0.05, 0) is 54.3 Å². The van der Waals surface area contributed by atoms with E-state index in [1.165, 1.54) is 18.2 Å². The summed E-state index contributed by atoms with van der Waals surface area (Å²) in [5.74, 6) is -1.06. The maximum Gasteiger partial charge on any atom is 0.144 e. The van der Waals surface area contributed by atoms with Crippen molar-refractivity contribution in [2.45, 2.75) is 13.3 Å². The van der Waals surface area contributed by atoms with Crippen LogP contribution in [0, 0.1) is 18.6 Å². The van der Waals surface area contributed by atoms with Crippen molar-refractivity contribution in [1.29, 1.82) is 0 Å². The number of rotatable bonds is 3. The molecule has 0 spiro atoms. The van der Waals surface area contributed by atoms with Gasteiger partial charge in [0.2, 0.25) is 0 Å². The molecule has 0 saturated carbocycles. The molecule has 25 heavy (non-hydrogen) atoms. The normalized spacial score (nSPS) is 11.2. The molecule has 0 atom stereocenters. The Kier molecular flexibility index (Phi) is 3.76. The zero-order chi connectivity index (χ0) is 17.4. The molecule has 0 amide bonds. The first-order valence-electron chi connectivity index (χ1n) is 7.95. The first-order valence-corrected chi connectivity index (χ1v) is 7.95. The zero-order valence-electron chi connectivity index (χ0n) is 13.6. The molecular weight excluding hydrogens is 320 g/mol. The molecule has 0 bridgehead atoms. The molecular formula is C20H15F2N3. The lowest BCUT2D eigenvalue weighted by atomic mass is 10.0. The van der Waals surface area contributed by atoms with Gasteiger partial charge in [0, 0.05) is 12.4 Å². The van der Waals surface area contributed by atoms with E-state index in [-0.39, 0.29) is 11.4 Å². The summed E-state index contributed by atoms with van der Waals surface area (Å²) in [7, 11) is 0. The second-order valence-corrected chi connectivity index (χ2v) is 5.97. The summed E-state index contributed by atoms with van der Waals surface area (Å²) in [6.07, 6.45) is 4.29. The number of benzene rings is 2. The fourth-order valence-electron chi connectivity index (χ4n) is 3.01. The number of imidazole rings is 1. The number of pyridine rings is 1. The third-order valence-corrected chi connectivity index (χ3v) is 4.34. The van der Waals surface area contributed by atoms with Crippen molar-refractivity contribution < 1.29 is 8.78 Å². The van der Waals surface area contributed by atoms with E-state index < -0.39 is 11.6 Å². The van der Waals surface area contributed by atoms with E-state index in [9.17, 15) is 8.78 Å². The summed E-state index contributed by atoms with van der Waals surface area (Å²) in [5.41, 5.74) is 4.53. The van der Waals surface area contributed by atoms with Crippen LogP contribution in [0.2, 0.25) is 0 Å². The van der Waals surface area contributed by atoms with E-state index in [0.29, 0.717) is 0 Å². The molecule has 0 aliphatic heterocycles. The molecule has 4 aromatic rings. The molecule has 5 heteroatoms. The summed E-state index contributed by atoms with van der Waals surface area (Å²) in [6, 6.07) is 11.6. The molecule has 2 heterocycles. The van der Waals surface area contributed by atoms with Crippen molar-refractivity contribution in [2.75, 3.05) is 0 Å². The number of nitrogens with one attached hydrogen (secondary N) is 1. The minimum absolute atomic E-state index is 0.132. The van der Waals surface area contributed by atoms with Crippen LogP contribution in [0.1, 0.15) is 16.7 Å². The van der Waals surface area contributed by atoms with Gasteiger partial charge in [-0.2, -0.15) is 0 Å². The van der Waals surface area contributed by atoms with Crippen LogP contribution in [0.3, 0.4) is 0 Å². The highest BCUT2D eigenvalue weighted by atomic mass is 19.1. The standard InChI is InChI=1S/C20H15F2N3/c1-12-14(10-13-4-3-9-23-11-13)7-8-17-19(12)25-20(24-17)18-15(21)5-2-6-16(18)22/h2-9,11H,10H2,1H3,(H,24,25). The molecule has 124 valence electrons. The topological polar surface area (TPSA) is 41.6 Å². The van der Waals surface area contributed by atoms with Crippen molar-refractivity contribution in [3.8, 4) is 11.4 Å². The molecule has 0 aliphatic rings. The Labute approximate surface area is 143 Å². The molecule has 2 aromatic carbocycles. The van der Waals surface area contributed by atoms with Crippen LogP contribution in [0.15, 0.2) is 54.9 Å². The number of fused-ring (bicyclic) bond motifs is 1. The van der Waals surface area contributed by atoms with Gasteiger partial charge in [0.15, 0.2) is 0 Å². The minimum atomic E-state index is -0.632. The highest BCUT2D eigenvalue weighted by Gasteiger charge is 2.16. The van der Waals surface area contributed by atoms with Crippen LogP contribution in [0.5, 0.6) is 0 Å². The Morgan fingerprint density at radius 3 is 2.52 bits per heavy atom. The maximum atomic E-state index is 14.0. The second-order valence-electron chi connectivity index (χ2n) is 5.97. The van der Waals surface area contributed by atoms with Crippen LogP contribution in [0.4, 0.5) is 8.78 Å².